The van der Waals surface area contributed by atoms with Gasteiger partial charge in [-0.2, -0.15) is 9.61 Å². The fraction of sp³-hybridized carbons (Fsp3) is 0.350. The molecule has 1 saturated carbocycles. The maximum absolute atomic E-state index is 6.14. The predicted molar refractivity (Wildman–Crippen MR) is 103 cm³/mol. The summed E-state index contributed by atoms with van der Waals surface area (Å²) in [5.74, 6) is 2.58. The zero-order chi connectivity index (χ0) is 18.9. The Bertz CT molecular complexity index is 1100. The molecule has 142 valence electrons. The molecular formula is C20H21N7O. The van der Waals surface area contributed by atoms with Crippen LogP contribution in [0.1, 0.15) is 43.5 Å². The van der Waals surface area contributed by atoms with Crippen molar-refractivity contribution in [3.8, 4) is 17.3 Å². The molecule has 3 aromatic heterocycles. The van der Waals surface area contributed by atoms with Crippen LogP contribution < -0.4 is 4.74 Å². The predicted octanol–water partition coefficient (Wildman–Crippen LogP) is 3.25. The van der Waals surface area contributed by atoms with Crippen LogP contribution in [0.4, 0.5) is 0 Å². The Kier molecular flexibility index (Phi) is 4.23. The van der Waals surface area contributed by atoms with Crippen LogP contribution in [-0.2, 0) is 13.2 Å². The molecule has 0 unspecified atom stereocenters. The smallest absolute Gasteiger partial charge is 0.235 e. The number of hydrogen-bond donors (Lipinski definition) is 0. The van der Waals surface area contributed by atoms with Crippen molar-refractivity contribution in [2.45, 2.75) is 45.3 Å². The van der Waals surface area contributed by atoms with Gasteiger partial charge in [-0.05, 0) is 31.7 Å². The van der Waals surface area contributed by atoms with E-state index in [1.54, 1.807) is 10.8 Å². The van der Waals surface area contributed by atoms with E-state index in [9.17, 15) is 0 Å². The van der Waals surface area contributed by atoms with Crippen LogP contribution in [0, 0.1) is 0 Å². The quantitative estimate of drug-likeness (QED) is 0.514. The fourth-order valence-corrected chi connectivity index (χ4v) is 3.52. The molecule has 0 radical (unpaired) electrons. The zero-order valence-electron chi connectivity index (χ0n) is 15.7. The van der Waals surface area contributed by atoms with Gasteiger partial charge >= 0.3 is 0 Å². The van der Waals surface area contributed by atoms with E-state index in [-0.39, 0.29) is 0 Å². The van der Waals surface area contributed by atoms with Gasteiger partial charge < -0.3 is 4.74 Å². The Labute approximate surface area is 162 Å². The van der Waals surface area contributed by atoms with E-state index >= 15 is 0 Å². The first-order valence-electron chi connectivity index (χ1n) is 9.64. The van der Waals surface area contributed by atoms with Crippen LogP contribution in [0.15, 0.2) is 42.7 Å². The second-order valence-electron chi connectivity index (χ2n) is 6.97. The summed E-state index contributed by atoms with van der Waals surface area (Å²) in [6, 6.07) is 12.0. The third-order valence-electron chi connectivity index (χ3n) is 5.30. The Hall–Kier alpha value is -3.29. The first-order valence-corrected chi connectivity index (χ1v) is 9.64. The van der Waals surface area contributed by atoms with Gasteiger partial charge in [-0.1, -0.05) is 36.8 Å². The summed E-state index contributed by atoms with van der Waals surface area (Å²) in [6.45, 7) is 3.12. The van der Waals surface area contributed by atoms with Gasteiger partial charge in [0, 0.05) is 17.7 Å². The zero-order valence-corrected chi connectivity index (χ0v) is 15.7. The molecule has 4 aromatic rings. The molecular weight excluding hydrogens is 354 g/mol. The summed E-state index contributed by atoms with van der Waals surface area (Å²) < 4.78 is 9.73. The molecule has 28 heavy (non-hydrogen) atoms. The van der Waals surface area contributed by atoms with Crippen LogP contribution in [0.3, 0.4) is 0 Å². The Morgan fingerprint density at radius 2 is 2.00 bits per heavy atom. The fourth-order valence-electron chi connectivity index (χ4n) is 3.52. The minimum Gasteiger partial charge on any atom is -0.468 e. The summed E-state index contributed by atoms with van der Waals surface area (Å²) in [5, 5.41) is 17.7. The number of nitrogens with zero attached hydrogens (tertiary/aromatic N) is 7. The molecule has 8 heteroatoms. The molecule has 0 N–H and O–H groups in total. The van der Waals surface area contributed by atoms with Crippen molar-refractivity contribution in [2.75, 3.05) is 0 Å². The standard InChI is InChI=1S/C20H21N7O/c1-2-26-18(21-13-22-26)12-28-20-16(14-9-6-10-14)11-17-23-24-19(27(17)25-20)15-7-4-3-5-8-15/h3-5,7-8,11,13-14H,2,6,9-10,12H2,1H3. The van der Waals surface area contributed by atoms with Gasteiger partial charge in [0.2, 0.25) is 5.88 Å². The van der Waals surface area contributed by atoms with Crippen molar-refractivity contribution < 1.29 is 4.74 Å². The van der Waals surface area contributed by atoms with E-state index in [2.05, 4.69) is 26.3 Å². The molecule has 5 rings (SSSR count). The highest BCUT2D eigenvalue weighted by Gasteiger charge is 2.26. The van der Waals surface area contributed by atoms with E-state index in [0.29, 0.717) is 24.2 Å². The maximum Gasteiger partial charge on any atom is 0.235 e. The van der Waals surface area contributed by atoms with Gasteiger partial charge in [0.25, 0.3) is 0 Å². The average molecular weight is 375 g/mol. The Balaban J connectivity index is 1.55. The highest BCUT2D eigenvalue weighted by Crippen LogP contribution is 2.40. The molecule has 0 amide bonds. The van der Waals surface area contributed by atoms with Gasteiger partial charge in [-0.3, -0.25) is 0 Å². The SMILES string of the molecule is CCn1ncnc1COc1nn2c(-c3ccccc3)nnc2cc1C1CCC1. The number of benzene rings is 1. The molecule has 1 fully saturated rings. The number of aryl methyl sites for hydroxylation is 1. The van der Waals surface area contributed by atoms with Crippen molar-refractivity contribution in [1.82, 2.24) is 34.6 Å². The number of hydrogen-bond acceptors (Lipinski definition) is 6. The lowest BCUT2D eigenvalue weighted by Gasteiger charge is -2.26. The molecule has 0 saturated heterocycles. The minimum absolute atomic E-state index is 0.328. The van der Waals surface area contributed by atoms with Crippen molar-refractivity contribution in [2.24, 2.45) is 0 Å². The van der Waals surface area contributed by atoms with Gasteiger partial charge in [-0.15, -0.1) is 15.3 Å². The largest absolute Gasteiger partial charge is 0.468 e. The van der Waals surface area contributed by atoms with Gasteiger partial charge in [0.05, 0.1) is 0 Å². The maximum atomic E-state index is 6.14. The molecule has 1 aliphatic rings. The lowest BCUT2D eigenvalue weighted by molar-refractivity contribution is 0.262. The van der Waals surface area contributed by atoms with Crippen molar-refractivity contribution in [3.63, 3.8) is 0 Å². The molecule has 0 aliphatic heterocycles. The Morgan fingerprint density at radius 3 is 2.75 bits per heavy atom. The number of fused-ring (bicyclic) bond motifs is 1. The molecule has 8 nitrogen and oxygen atoms in total. The normalized spacial score (nSPS) is 14.3. The molecule has 3 heterocycles. The van der Waals surface area contributed by atoms with Crippen LogP contribution in [0.2, 0.25) is 0 Å². The summed E-state index contributed by atoms with van der Waals surface area (Å²) >= 11 is 0. The molecule has 1 aliphatic carbocycles. The number of ether oxygens (including phenoxy) is 1. The summed E-state index contributed by atoms with van der Waals surface area (Å²) in [5.41, 5.74) is 2.81. The third-order valence-corrected chi connectivity index (χ3v) is 5.30. The summed E-state index contributed by atoms with van der Waals surface area (Å²) in [4.78, 5) is 4.30. The molecule has 0 bridgehead atoms. The van der Waals surface area contributed by atoms with Gasteiger partial charge in [-0.25, -0.2) is 9.67 Å². The van der Waals surface area contributed by atoms with Crippen molar-refractivity contribution in [1.29, 1.82) is 0 Å². The van der Waals surface area contributed by atoms with Crippen molar-refractivity contribution in [3.05, 3.63) is 54.1 Å². The molecule has 0 atom stereocenters. The number of rotatable bonds is 6. The third kappa shape index (κ3) is 2.90. The van der Waals surface area contributed by atoms with E-state index in [1.807, 2.05) is 41.9 Å². The molecule has 0 spiro atoms. The average Bonchev–Trinajstić information content (AvgIpc) is 3.31. The van der Waals surface area contributed by atoms with E-state index in [0.717, 1.165) is 42.0 Å². The van der Waals surface area contributed by atoms with E-state index in [1.165, 1.54) is 6.42 Å². The van der Waals surface area contributed by atoms with E-state index < -0.39 is 0 Å². The summed E-state index contributed by atoms with van der Waals surface area (Å²) in [7, 11) is 0. The number of aromatic nitrogens is 7. The van der Waals surface area contributed by atoms with Crippen LogP contribution in [0.5, 0.6) is 5.88 Å². The first-order chi connectivity index (χ1) is 13.8. The van der Waals surface area contributed by atoms with Crippen LogP contribution >= 0.6 is 0 Å². The van der Waals surface area contributed by atoms with Gasteiger partial charge in [0.1, 0.15) is 12.9 Å². The molecule has 1 aromatic carbocycles. The second kappa shape index (κ2) is 7.03. The second-order valence-corrected chi connectivity index (χ2v) is 6.97. The van der Waals surface area contributed by atoms with Gasteiger partial charge in [0.15, 0.2) is 17.3 Å². The highest BCUT2D eigenvalue weighted by molar-refractivity contribution is 5.59. The topological polar surface area (TPSA) is 83.0 Å². The van der Waals surface area contributed by atoms with Crippen molar-refractivity contribution >= 4 is 5.65 Å². The minimum atomic E-state index is 0.328. The Morgan fingerprint density at radius 1 is 1.14 bits per heavy atom. The summed E-state index contributed by atoms with van der Waals surface area (Å²) in [6.07, 6.45) is 5.10. The first kappa shape index (κ1) is 16.9. The monoisotopic (exact) mass is 375 g/mol. The lowest BCUT2D eigenvalue weighted by Crippen LogP contribution is -2.15. The van der Waals surface area contributed by atoms with Crippen LogP contribution in [0.25, 0.3) is 17.0 Å². The lowest BCUT2D eigenvalue weighted by atomic mass is 9.80. The van der Waals surface area contributed by atoms with Crippen LogP contribution in [-0.4, -0.2) is 34.6 Å². The van der Waals surface area contributed by atoms with E-state index in [4.69, 9.17) is 9.84 Å². The highest BCUT2D eigenvalue weighted by atomic mass is 16.5.